The number of carbonyl (C=O) groups is 1. The van der Waals surface area contributed by atoms with E-state index in [4.69, 9.17) is 0 Å². The van der Waals surface area contributed by atoms with Gasteiger partial charge >= 0.3 is 0 Å². The highest BCUT2D eigenvalue weighted by molar-refractivity contribution is 6.01. The molecule has 48 heavy (non-hydrogen) atoms. The molecule has 0 spiro atoms. The predicted molar refractivity (Wildman–Crippen MR) is 214 cm³/mol. The first-order valence-electron chi connectivity index (χ1n) is 19.8. The van der Waals surface area contributed by atoms with Crippen LogP contribution in [0.3, 0.4) is 0 Å². The molecular weight excluding hydrogens is 581 g/mol. The number of ketones is 1. The van der Waals surface area contributed by atoms with Gasteiger partial charge in [-0.15, -0.1) is 0 Å². The highest BCUT2D eigenvalue weighted by atomic mass is 16.1. The summed E-state index contributed by atoms with van der Waals surface area (Å²) >= 11 is 0. The molecule has 0 aromatic carbocycles. The summed E-state index contributed by atoms with van der Waals surface area (Å²) in [4.78, 5) is 13.2. The summed E-state index contributed by atoms with van der Waals surface area (Å²) in [6, 6.07) is 0. The van der Waals surface area contributed by atoms with E-state index in [0.717, 1.165) is 62.4 Å². The molecule has 0 aromatic heterocycles. The second-order valence-corrected chi connectivity index (χ2v) is 16.1. The molecule has 0 radical (unpaired) electrons. The second kappa shape index (κ2) is 23.1. The Morgan fingerprint density at radius 1 is 0.667 bits per heavy atom. The Hall–Kier alpha value is -2.41. The van der Waals surface area contributed by atoms with E-state index in [1.165, 1.54) is 86.5 Å². The first-order valence-corrected chi connectivity index (χ1v) is 19.8. The summed E-state index contributed by atoms with van der Waals surface area (Å²) in [6.45, 7) is 25.1. The summed E-state index contributed by atoms with van der Waals surface area (Å²) in [5.74, 6) is 2.28. The van der Waals surface area contributed by atoms with E-state index in [1.54, 1.807) is 16.7 Å². The van der Waals surface area contributed by atoms with Crippen LogP contribution in [0.25, 0.3) is 0 Å². The molecule has 0 heterocycles. The lowest BCUT2D eigenvalue weighted by Crippen LogP contribution is -2.31. The van der Waals surface area contributed by atoms with Crippen LogP contribution in [0, 0.1) is 23.7 Å². The van der Waals surface area contributed by atoms with Crippen molar-refractivity contribution in [2.75, 3.05) is 0 Å². The molecule has 0 bridgehead atoms. The number of Topliss-reactive ketones (excluding diaryl/α,β-unsaturated/α-hetero) is 1. The molecule has 2 aliphatic carbocycles. The van der Waals surface area contributed by atoms with Crippen molar-refractivity contribution in [3.05, 3.63) is 93.7 Å². The second-order valence-electron chi connectivity index (χ2n) is 16.1. The average Bonchev–Trinajstić information content (AvgIpc) is 3.03. The molecule has 0 aromatic rings. The number of allylic oxidation sites excluding steroid dienone is 15. The topological polar surface area (TPSA) is 17.1 Å². The van der Waals surface area contributed by atoms with Gasteiger partial charge in [0.15, 0.2) is 5.78 Å². The predicted octanol–water partition coefficient (Wildman–Crippen LogP) is 14.9. The van der Waals surface area contributed by atoms with E-state index in [2.05, 4.69) is 111 Å². The van der Waals surface area contributed by atoms with Crippen LogP contribution in [0.15, 0.2) is 93.7 Å². The monoisotopic (exact) mass is 655 g/mol. The van der Waals surface area contributed by atoms with Gasteiger partial charge in [-0.3, -0.25) is 4.79 Å². The molecule has 0 saturated heterocycles. The van der Waals surface area contributed by atoms with Crippen LogP contribution in [0.4, 0.5) is 0 Å². The SMILES string of the molecule is C=C1C2=C(CC=CC2)C(=O)C(CC=C(C)CCC=C(C)CCC=C(C)CCCC(C)CCC=C(C)CCC=C(C)CCCC(C)C)C1C. The third kappa shape index (κ3) is 16.3. The summed E-state index contributed by atoms with van der Waals surface area (Å²) < 4.78 is 0. The molecule has 0 saturated carbocycles. The number of rotatable bonds is 22. The van der Waals surface area contributed by atoms with Crippen LogP contribution in [0.5, 0.6) is 0 Å². The van der Waals surface area contributed by atoms with Gasteiger partial charge in [-0.25, -0.2) is 0 Å². The lowest BCUT2D eigenvalue weighted by atomic mass is 9.69. The van der Waals surface area contributed by atoms with E-state index < -0.39 is 0 Å². The van der Waals surface area contributed by atoms with Crippen molar-refractivity contribution in [2.45, 2.75) is 171 Å². The van der Waals surface area contributed by atoms with Crippen molar-refractivity contribution in [1.82, 2.24) is 0 Å². The quantitative estimate of drug-likeness (QED) is 0.106. The van der Waals surface area contributed by atoms with Crippen molar-refractivity contribution in [1.29, 1.82) is 0 Å². The summed E-state index contributed by atoms with van der Waals surface area (Å²) in [7, 11) is 0. The fourth-order valence-electron chi connectivity index (χ4n) is 7.26. The smallest absolute Gasteiger partial charge is 0.163 e. The maximum Gasteiger partial charge on any atom is 0.163 e. The molecule has 3 atom stereocenters. The minimum absolute atomic E-state index is 0.0518. The average molecular weight is 655 g/mol. The van der Waals surface area contributed by atoms with Crippen molar-refractivity contribution in [3.63, 3.8) is 0 Å². The van der Waals surface area contributed by atoms with Crippen LogP contribution in [0.1, 0.15) is 171 Å². The number of carbonyl (C=O) groups excluding carboxylic acids is 1. The lowest BCUT2D eigenvalue weighted by Gasteiger charge is -2.34. The zero-order valence-corrected chi connectivity index (χ0v) is 33.0. The van der Waals surface area contributed by atoms with Crippen molar-refractivity contribution < 1.29 is 4.79 Å². The van der Waals surface area contributed by atoms with Gasteiger partial charge in [0.05, 0.1) is 0 Å². The summed E-state index contributed by atoms with van der Waals surface area (Å²) in [5.41, 5.74) is 11.0. The molecule has 3 unspecified atom stereocenters. The van der Waals surface area contributed by atoms with Gasteiger partial charge in [-0.2, -0.15) is 0 Å². The maximum atomic E-state index is 13.2. The standard InChI is InChI=1S/C47H74O/c1-35(2)19-13-20-36(3)21-14-22-37(4)23-15-24-38(5)25-16-26-39(6)27-17-28-40(7)29-18-30-41(8)33-34-45-43(10)42(9)44-31-11-12-32-46(44)47(45)48/h11-12,21,23,27,29,33,35,38,43,45H,9,13-20,22,24-26,28,30-32,34H2,1-8,10H3. The minimum atomic E-state index is 0.0518. The van der Waals surface area contributed by atoms with Crippen molar-refractivity contribution >= 4 is 5.78 Å². The molecular formula is C47H74O. The molecule has 1 heteroatoms. The molecule has 0 amide bonds. The molecule has 0 aliphatic heterocycles. The van der Waals surface area contributed by atoms with Crippen LogP contribution < -0.4 is 0 Å². The van der Waals surface area contributed by atoms with Gasteiger partial charge in [0.2, 0.25) is 0 Å². The Morgan fingerprint density at radius 2 is 1.12 bits per heavy atom. The van der Waals surface area contributed by atoms with Crippen LogP contribution in [-0.2, 0) is 4.79 Å². The zero-order valence-electron chi connectivity index (χ0n) is 33.0. The minimum Gasteiger partial charge on any atom is -0.294 e. The Kier molecular flexibility index (Phi) is 20.1. The fraction of sp³-hybridized carbons (Fsp3) is 0.638. The van der Waals surface area contributed by atoms with Gasteiger partial charge in [-0.1, -0.05) is 118 Å². The van der Waals surface area contributed by atoms with E-state index in [9.17, 15) is 4.79 Å². The zero-order chi connectivity index (χ0) is 35.5. The number of hydrogen-bond donors (Lipinski definition) is 0. The Morgan fingerprint density at radius 3 is 1.67 bits per heavy atom. The summed E-state index contributed by atoms with van der Waals surface area (Å²) in [5, 5.41) is 0. The highest BCUT2D eigenvalue weighted by Gasteiger charge is 2.36. The Balaban J connectivity index is 1.59. The largest absolute Gasteiger partial charge is 0.294 e. The van der Waals surface area contributed by atoms with Gasteiger partial charge in [-0.05, 0) is 160 Å². The fourth-order valence-corrected chi connectivity index (χ4v) is 7.26. The third-order valence-electron chi connectivity index (χ3n) is 10.9. The van der Waals surface area contributed by atoms with E-state index in [1.807, 2.05) is 0 Å². The Bertz CT molecular complexity index is 1240. The summed E-state index contributed by atoms with van der Waals surface area (Å²) in [6.07, 6.45) is 36.2. The normalized spacial score (nSPS) is 20.7. The van der Waals surface area contributed by atoms with Crippen molar-refractivity contribution in [3.8, 4) is 0 Å². The van der Waals surface area contributed by atoms with E-state index >= 15 is 0 Å². The van der Waals surface area contributed by atoms with Crippen LogP contribution in [0.2, 0.25) is 0 Å². The van der Waals surface area contributed by atoms with Crippen molar-refractivity contribution in [2.24, 2.45) is 23.7 Å². The van der Waals surface area contributed by atoms with Gasteiger partial charge in [0.1, 0.15) is 0 Å². The molecule has 0 N–H and O–H groups in total. The molecule has 2 rings (SSSR count). The molecule has 268 valence electrons. The highest BCUT2D eigenvalue weighted by Crippen LogP contribution is 2.41. The first kappa shape index (κ1) is 41.8. The number of hydrogen-bond acceptors (Lipinski definition) is 1. The van der Waals surface area contributed by atoms with Gasteiger partial charge < -0.3 is 0 Å². The Labute approximate surface area is 298 Å². The molecule has 0 fully saturated rings. The van der Waals surface area contributed by atoms with E-state index in [0.29, 0.717) is 5.78 Å². The van der Waals surface area contributed by atoms with E-state index in [-0.39, 0.29) is 11.8 Å². The third-order valence-corrected chi connectivity index (χ3v) is 10.9. The molecule has 1 nitrogen and oxygen atoms in total. The maximum absolute atomic E-state index is 13.2. The van der Waals surface area contributed by atoms with Crippen LogP contribution in [-0.4, -0.2) is 5.78 Å². The van der Waals surface area contributed by atoms with Gasteiger partial charge in [0, 0.05) is 11.5 Å². The van der Waals surface area contributed by atoms with Gasteiger partial charge in [0.25, 0.3) is 0 Å². The van der Waals surface area contributed by atoms with Crippen LogP contribution >= 0.6 is 0 Å². The lowest BCUT2D eigenvalue weighted by molar-refractivity contribution is -0.120. The molecule has 2 aliphatic rings. The first-order chi connectivity index (χ1) is 22.9.